The summed E-state index contributed by atoms with van der Waals surface area (Å²) in [5, 5.41) is 12.8. The van der Waals surface area contributed by atoms with Gasteiger partial charge in [0.1, 0.15) is 5.00 Å². The normalized spacial score (nSPS) is 26.3. The highest BCUT2D eigenvalue weighted by Crippen LogP contribution is 2.48. The Bertz CT molecular complexity index is 766. The van der Waals surface area contributed by atoms with Crippen molar-refractivity contribution in [1.29, 1.82) is 0 Å². The van der Waals surface area contributed by atoms with Crippen molar-refractivity contribution in [1.82, 2.24) is 0 Å². The zero-order chi connectivity index (χ0) is 19.0. The fourth-order valence-electron chi connectivity index (χ4n) is 3.86. The van der Waals surface area contributed by atoms with Gasteiger partial charge >= 0.3 is 11.9 Å². The second-order valence-electron chi connectivity index (χ2n) is 7.09. The summed E-state index contributed by atoms with van der Waals surface area (Å²) in [6, 6.07) is 1.75. The molecule has 2 aliphatic carbocycles. The van der Waals surface area contributed by atoms with Crippen LogP contribution in [0, 0.1) is 23.7 Å². The van der Waals surface area contributed by atoms with E-state index in [0.29, 0.717) is 17.0 Å². The van der Waals surface area contributed by atoms with E-state index < -0.39 is 23.8 Å². The first kappa shape index (κ1) is 18.6. The van der Waals surface area contributed by atoms with Crippen LogP contribution in [0.3, 0.4) is 0 Å². The van der Waals surface area contributed by atoms with Gasteiger partial charge in [0.15, 0.2) is 0 Å². The van der Waals surface area contributed by atoms with E-state index in [1.807, 2.05) is 26.0 Å². The lowest BCUT2D eigenvalue weighted by molar-refractivity contribution is -0.146. The SMILES string of the molecule is CCOC(=O)c1cc(C(C)C)sc1NC(=O)[C@@H]1[C@@H](C(=O)O)[C@H]2C=C[C@H]1C2. The molecule has 1 fully saturated rings. The maximum Gasteiger partial charge on any atom is 0.341 e. The molecule has 1 heterocycles. The molecule has 3 rings (SSSR count). The topological polar surface area (TPSA) is 92.7 Å². The molecule has 0 spiro atoms. The van der Waals surface area contributed by atoms with E-state index in [4.69, 9.17) is 4.74 Å². The van der Waals surface area contributed by atoms with Crippen LogP contribution < -0.4 is 5.32 Å². The van der Waals surface area contributed by atoms with Crippen LogP contribution >= 0.6 is 11.3 Å². The minimum Gasteiger partial charge on any atom is -0.481 e. The number of carboxylic acid groups (broad SMARTS) is 1. The van der Waals surface area contributed by atoms with Crippen molar-refractivity contribution in [3.05, 3.63) is 28.7 Å². The number of ether oxygens (including phenoxy) is 1. The van der Waals surface area contributed by atoms with Crippen molar-refractivity contribution in [3.63, 3.8) is 0 Å². The zero-order valence-corrected chi connectivity index (χ0v) is 15.8. The van der Waals surface area contributed by atoms with Crippen molar-refractivity contribution < 1.29 is 24.2 Å². The molecule has 6 nitrogen and oxygen atoms in total. The Morgan fingerprint density at radius 2 is 1.92 bits per heavy atom. The van der Waals surface area contributed by atoms with Gasteiger partial charge in [-0.15, -0.1) is 11.3 Å². The molecule has 4 atom stereocenters. The number of hydrogen-bond donors (Lipinski definition) is 2. The Morgan fingerprint density at radius 3 is 2.50 bits per heavy atom. The number of anilines is 1. The number of thiophene rings is 1. The largest absolute Gasteiger partial charge is 0.481 e. The number of amides is 1. The molecule has 0 aromatic carbocycles. The van der Waals surface area contributed by atoms with Crippen molar-refractivity contribution >= 4 is 34.2 Å². The van der Waals surface area contributed by atoms with Gasteiger partial charge in [-0.05, 0) is 37.2 Å². The fourth-order valence-corrected chi connectivity index (χ4v) is 4.91. The van der Waals surface area contributed by atoms with Crippen LogP contribution in [0.25, 0.3) is 0 Å². The second-order valence-corrected chi connectivity index (χ2v) is 8.18. The van der Waals surface area contributed by atoms with Crippen LogP contribution in [0.15, 0.2) is 18.2 Å². The number of aliphatic carboxylic acids is 1. The van der Waals surface area contributed by atoms with E-state index in [9.17, 15) is 19.5 Å². The Labute approximate surface area is 156 Å². The van der Waals surface area contributed by atoms with E-state index in [2.05, 4.69) is 5.32 Å². The summed E-state index contributed by atoms with van der Waals surface area (Å²) < 4.78 is 5.09. The molecular formula is C19H23NO5S. The predicted octanol–water partition coefficient (Wildman–Crippen LogP) is 3.51. The van der Waals surface area contributed by atoms with Gasteiger partial charge in [0, 0.05) is 4.88 Å². The molecule has 1 saturated carbocycles. The van der Waals surface area contributed by atoms with Gasteiger partial charge in [0.2, 0.25) is 5.91 Å². The number of nitrogens with one attached hydrogen (secondary N) is 1. The van der Waals surface area contributed by atoms with Crippen molar-refractivity contribution in [3.8, 4) is 0 Å². The Kier molecular flexibility index (Phi) is 5.18. The van der Waals surface area contributed by atoms with Crippen LogP contribution in [-0.2, 0) is 14.3 Å². The fraction of sp³-hybridized carbons (Fsp3) is 0.526. The summed E-state index contributed by atoms with van der Waals surface area (Å²) in [6.45, 7) is 5.99. The quantitative estimate of drug-likeness (QED) is 0.585. The average molecular weight is 377 g/mol. The van der Waals surface area contributed by atoms with Gasteiger partial charge in [-0.1, -0.05) is 26.0 Å². The summed E-state index contributed by atoms with van der Waals surface area (Å²) >= 11 is 1.34. The number of carbonyl (C=O) groups excluding carboxylic acids is 2. The Hall–Kier alpha value is -2.15. The first-order chi connectivity index (χ1) is 12.3. The lowest BCUT2D eigenvalue weighted by atomic mass is 9.82. The summed E-state index contributed by atoms with van der Waals surface area (Å²) in [5.74, 6) is -3.02. The van der Waals surface area contributed by atoms with Crippen molar-refractivity contribution in [2.45, 2.75) is 33.1 Å². The van der Waals surface area contributed by atoms with Crippen molar-refractivity contribution in [2.24, 2.45) is 23.7 Å². The van der Waals surface area contributed by atoms with Crippen LogP contribution in [0.1, 0.15) is 48.3 Å². The molecule has 1 aromatic heterocycles. The molecule has 0 radical (unpaired) electrons. The average Bonchev–Trinajstić information content (AvgIpc) is 3.28. The minimum absolute atomic E-state index is 0.0586. The molecule has 140 valence electrons. The molecule has 7 heteroatoms. The molecule has 26 heavy (non-hydrogen) atoms. The van der Waals surface area contributed by atoms with Crippen LogP contribution in [0.2, 0.25) is 0 Å². The van der Waals surface area contributed by atoms with Crippen molar-refractivity contribution in [2.75, 3.05) is 11.9 Å². The predicted molar refractivity (Wildman–Crippen MR) is 98.3 cm³/mol. The van der Waals surface area contributed by atoms with E-state index in [-0.39, 0.29) is 30.3 Å². The molecular weight excluding hydrogens is 354 g/mol. The van der Waals surface area contributed by atoms with Gasteiger partial charge in [-0.2, -0.15) is 0 Å². The molecule has 1 amide bonds. The standard InChI is InChI=1S/C19H23NO5S/c1-4-25-19(24)12-8-13(9(2)3)26-17(12)20-16(21)14-10-5-6-11(7-10)15(14)18(22)23/h5-6,8-11,14-15H,4,7H2,1-3H3,(H,20,21)(H,22,23)/t10-,11-,14-,15-/m0/s1. The maximum atomic E-state index is 12.9. The highest BCUT2D eigenvalue weighted by Gasteiger charge is 2.51. The summed E-state index contributed by atoms with van der Waals surface area (Å²) in [6.07, 6.45) is 4.54. The number of hydrogen-bond acceptors (Lipinski definition) is 5. The molecule has 0 saturated heterocycles. The number of allylic oxidation sites excluding steroid dienone is 2. The van der Waals surface area contributed by atoms with Gasteiger partial charge < -0.3 is 15.2 Å². The number of rotatable bonds is 6. The third kappa shape index (κ3) is 3.28. The first-order valence-electron chi connectivity index (χ1n) is 8.86. The molecule has 1 aromatic rings. The number of fused-ring (bicyclic) bond motifs is 2. The zero-order valence-electron chi connectivity index (χ0n) is 15.0. The van der Waals surface area contributed by atoms with E-state index in [0.717, 1.165) is 4.88 Å². The third-order valence-electron chi connectivity index (χ3n) is 5.10. The number of carboxylic acids is 1. The van der Waals surface area contributed by atoms with Gasteiger partial charge in [0.05, 0.1) is 24.0 Å². The number of carbonyl (C=O) groups is 3. The minimum atomic E-state index is -0.943. The van der Waals surface area contributed by atoms with Gasteiger partial charge in [-0.3, -0.25) is 9.59 Å². The van der Waals surface area contributed by atoms with E-state index in [1.54, 1.807) is 13.0 Å². The van der Waals surface area contributed by atoms with Gasteiger partial charge in [0.25, 0.3) is 0 Å². The monoisotopic (exact) mass is 377 g/mol. The molecule has 2 bridgehead atoms. The second kappa shape index (κ2) is 7.23. The van der Waals surface area contributed by atoms with Crippen LogP contribution in [0.5, 0.6) is 0 Å². The summed E-state index contributed by atoms with van der Waals surface area (Å²) in [4.78, 5) is 37.7. The summed E-state index contributed by atoms with van der Waals surface area (Å²) in [7, 11) is 0. The number of esters is 1. The molecule has 2 N–H and O–H groups in total. The Balaban J connectivity index is 1.86. The highest BCUT2D eigenvalue weighted by atomic mass is 32.1. The van der Waals surface area contributed by atoms with E-state index in [1.165, 1.54) is 11.3 Å². The maximum absolute atomic E-state index is 12.9. The molecule has 2 aliphatic rings. The first-order valence-corrected chi connectivity index (χ1v) is 9.68. The molecule has 0 aliphatic heterocycles. The Morgan fingerprint density at radius 1 is 1.27 bits per heavy atom. The third-order valence-corrected chi connectivity index (χ3v) is 6.45. The van der Waals surface area contributed by atoms with Crippen LogP contribution in [0.4, 0.5) is 5.00 Å². The van der Waals surface area contributed by atoms with E-state index >= 15 is 0 Å². The lowest BCUT2D eigenvalue weighted by Crippen LogP contribution is -2.36. The molecule has 0 unspecified atom stereocenters. The van der Waals surface area contributed by atoms with Crippen LogP contribution in [-0.4, -0.2) is 29.6 Å². The summed E-state index contributed by atoms with van der Waals surface area (Å²) in [5.41, 5.74) is 0.333. The highest BCUT2D eigenvalue weighted by molar-refractivity contribution is 7.16. The lowest BCUT2D eigenvalue weighted by Gasteiger charge is -2.23. The van der Waals surface area contributed by atoms with Gasteiger partial charge in [-0.25, -0.2) is 4.79 Å². The smallest absolute Gasteiger partial charge is 0.341 e.